The minimum absolute atomic E-state index is 0.234. The zero-order valence-electron chi connectivity index (χ0n) is 17.1. The lowest BCUT2D eigenvalue weighted by Crippen LogP contribution is -2.35. The Morgan fingerprint density at radius 3 is 2.19 bits per heavy atom. The number of hydrogen-bond donors (Lipinski definition) is 2. The van der Waals surface area contributed by atoms with Crippen molar-refractivity contribution in [2.45, 2.75) is 13.8 Å². The Bertz CT molecular complexity index is 1090. The molecule has 0 unspecified atom stereocenters. The van der Waals surface area contributed by atoms with Crippen molar-refractivity contribution in [1.82, 2.24) is 9.88 Å². The van der Waals surface area contributed by atoms with Crippen LogP contribution in [0.15, 0.2) is 65.1 Å². The highest BCUT2D eigenvalue weighted by Crippen LogP contribution is 2.21. The summed E-state index contributed by atoms with van der Waals surface area (Å²) in [5, 5.41) is 5.09. The van der Waals surface area contributed by atoms with Crippen molar-refractivity contribution >= 4 is 39.4 Å². The number of nitrogens with zero attached hydrogens (tertiary/aromatic N) is 1. The van der Waals surface area contributed by atoms with Crippen LogP contribution in [-0.4, -0.2) is 35.5 Å². The second kappa shape index (κ2) is 10.1. The third kappa shape index (κ3) is 5.82. The fourth-order valence-corrected chi connectivity index (χ4v) is 3.41. The maximum Gasteiger partial charge on any atom is 0.338 e. The molecule has 0 aliphatic rings. The van der Waals surface area contributed by atoms with Gasteiger partial charge in [-0.1, -0.05) is 12.1 Å². The molecule has 1 heterocycles. The molecular weight excluding hydrogens is 462 g/mol. The number of carbonyl (C=O) groups excluding carboxylic acids is 3. The number of amides is 2. The van der Waals surface area contributed by atoms with E-state index in [2.05, 4.69) is 31.1 Å². The number of esters is 1. The first-order chi connectivity index (χ1) is 14.8. The molecule has 0 fully saturated rings. The molecule has 31 heavy (non-hydrogen) atoms. The van der Waals surface area contributed by atoms with E-state index in [1.807, 2.05) is 44.2 Å². The fourth-order valence-electron chi connectivity index (χ4n) is 3.02. The van der Waals surface area contributed by atoms with Gasteiger partial charge in [0.05, 0.1) is 17.8 Å². The lowest BCUT2D eigenvalue weighted by atomic mass is 10.2. The first kappa shape index (κ1) is 22.3. The first-order valence-electron chi connectivity index (χ1n) is 9.59. The molecule has 0 saturated carbocycles. The van der Waals surface area contributed by atoms with Gasteiger partial charge in [-0.15, -0.1) is 0 Å². The van der Waals surface area contributed by atoms with Crippen LogP contribution in [-0.2, 0) is 14.3 Å². The molecule has 1 aromatic heterocycles. The molecule has 0 radical (unpaired) electrons. The van der Waals surface area contributed by atoms with Crippen LogP contribution >= 0.6 is 15.9 Å². The largest absolute Gasteiger partial charge is 0.452 e. The summed E-state index contributed by atoms with van der Waals surface area (Å²) in [6.07, 6.45) is 0. The van der Waals surface area contributed by atoms with Gasteiger partial charge in [-0.25, -0.2) is 4.79 Å². The van der Waals surface area contributed by atoms with Crippen LogP contribution in [0, 0.1) is 13.8 Å². The number of aryl methyl sites for hydroxylation is 2. The summed E-state index contributed by atoms with van der Waals surface area (Å²) < 4.78 is 7.84. The van der Waals surface area contributed by atoms with Crippen LogP contribution in [0.5, 0.6) is 0 Å². The average molecular weight is 484 g/mol. The van der Waals surface area contributed by atoms with Crippen LogP contribution in [0.3, 0.4) is 0 Å². The predicted octanol–water partition coefficient (Wildman–Crippen LogP) is 3.77. The molecule has 0 aliphatic carbocycles. The zero-order chi connectivity index (χ0) is 22.4. The second-order valence-corrected chi connectivity index (χ2v) is 7.73. The first-order valence-corrected chi connectivity index (χ1v) is 10.4. The van der Waals surface area contributed by atoms with Crippen LogP contribution in [0.2, 0.25) is 0 Å². The minimum atomic E-state index is -0.611. The monoisotopic (exact) mass is 483 g/mol. The Balaban J connectivity index is 1.46. The number of benzene rings is 2. The average Bonchev–Trinajstić information content (AvgIpc) is 3.10. The van der Waals surface area contributed by atoms with Crippen molar-refractivity contribution in [1.29, 1.82) is 0 Å². The highest BCUT2D eigenvalue weighted by atomic mass is 79.9. The van der Waals surface area contributed by atoms with E-state index in [0.29, 0.717) is 11.3 Å². The summed E-state index contributed by atoms with van der Waals surface area (Å²) in [5.74, 6) is -1.57. The van der Waals surface area contributed by atoms with E-state index < -0.39 is 24.4 Å². The molecule has 8 heteroatoms. The molecule has 160 valence electrons. The van der Waals surface area contributed by atoms with Gasteiger partial charge in [-0.3, -0.25) is 9.59 Å². The van der Waals surface area contributed by atoms with Gasteiger partial charge < -0.3 is 19.9 Å². The Morgan fingerprint density at radius 1 is 0.903 bits per heavy atom. The van der Waals surface area contributed by atoms with Gasteiger partial charge in [0.25, 0.3) is 5.91 Å². The number of aromatic nitrogens is 1. The van der Waals surface area contributed by atoms with Crippen molar-refractivity contribution in [2.24, 2.45) is 0 Å². The summed E-state index contributed by atoms with van der Waals surface area (Å²) in [6, 6.07) is 18.1. The highest BCUT2D eigenvalue weighted by Gasteiger charge is 2.12. The van der Waals surface area contributed by atoms with E-state index in [1.54, 1.807) is 30.3 Å². The molecule has 2 amide bonds. The maximum absolute atomic E-state index is 12.2. The summed E-state index contributed by atoms with van der Waals surface area (Å²) in [4.78, 5) is 36.1. The highest BCUT2D eigenvalue weighted by molar-refractivity contribution is 9.10. The summed E-state index contributed by atoms with van der Waals surface area (Å²) >= 11 is 3.33. The van der Waals surface area contributed by atoms with Gasteiger partial charge in [-0.05, 0) is 78.3 Å². The van der Waals surface area contributed by atoms with Gasteiger partial charge in [0.1, 0.15) is 0 Å². The number of nitrogens with one attached hydrogen (secondary N) is 2. The molecule has 0 aliphatic heterocycles. The summed E-state index contributed by atoms with van der Waals surface area (Å²) in [7, 11) is 0. The molecule has 0 atom stereocenters. The summed E-state index contributed by atoms with van der Waals surface area (Å²) in [6.45, 7) is 3.31. The zero-order valence-corrected chi connectivity index (χ0v) is 18.7. The van der Waals surface area contributed by atoms with Crippen molar-refractivity contribution < 1.29 is 19.1 Å². The number of hydrogen-bond acceptors (Lipinski definition) is 4. The van der Waals surface area contributed by atoms with Crippen molar-refractivity contribution in [3.63, 3.8) is 0 Å². The van der Waals surface area contributed by atoms with Gasteiger partial charge in [-0.2, -0.15) is 0 Å². The standard InChI is InChI=1S/C23H22BrN3O4/c1-15-7-8-16(2)27(15)18-11-9-17(10-12-18)23(30)31-14-22(29)25-13-21(28)26-20-6-4-3-5-19(20)24/h3-12H,13-14H2,1-2H3,(H,25,29)(H,26,28). The maximum atomic E-state index is 12.2. The predicted molar refractivity (Wildman–Crippen MR) is 121 cm³/mol. The third-order valence-corrected chi connectivity index (χ3v) is 5.25. The molecule has 0 saturated heterocycles. The molecule has 7 nitrogen and oxygen atoms in total. The molecule has 3 rings (SSSR count). The Kier molecular flexibility index (Phi) is 7.25. The summed E-state index contributed by atoms with van der Waals surface area (Å²) in [5.41, 5.74) is 4.05. The van der Waals surface area contributed by atoms with Gasteiger partial charge in [0, 0.05) is 21.5 Å². The quantitative estimate of drug-likeness (QED) is 0.500. The number of carbonyl (C=O) groups is 3. The molecule has 2 N–H and O–H groups in total. The molecule has 0 bridgehead atoms. The number of halogens is 1. The third-order valence-electron chi connectivity index (χ3n) is 4.56. The van der Waals surface area contributed by atoms with Gasteiger partial charge in [0.15, 0.2) is 6.61 Å². The number of rotatable bonds is 7. The normalized spacial score (nSPS) is 10.4. The Morgan fingerprint density at radius 2 is 1.55 bits per heavy atom. The Labute approximate surface area is 188 Å². The van der Waals surface area contributed by atoms with Crippen LogP contribution < -0.4 is 10.6 Å². The van der Waals surface area contributed by atoms with E-state index in [-0.39, 0.29) is 6.54 Å². The lowest BCUT2D eigenvalue weighted by Gasteiger charge is -2.11. The van der Waals surface area contributed by atoms with Crippen LogP contribution in [0.1, 0.15) is 21.7 Å². The van der Waals surface area contributed by atoms with E-state index in [4.69, 9.17) is 4.74 Å². The SMILES string of the molecule is Cc1ccc(C)n1-c1ccc(C(=O)OCC(=O)NCC(=O)Nc2ccccc2Br)cc1. The molecule has 0 spiro atoms. The van der Waals surface area contributed by atoms with Crippen molar-refractivity contribution in [3.8, 4) is 5.69 Å². The van der Waals surface area contributed by atoms with E-state index in [1.165, 1.54) is 0 Å². The molecule has 3 aromatic rings. The van der Waals surface area contributed by atoms with E-state index in [0.717, 1.165) is 21.5 Å². The Hall–Kier alpha value is -3.39. The van der Waals surface area contributed by atoms with Crippen LogP contribution in [0.25, 0.3) is 5.69 Å². The topological polar surface area (TPSA) is 89.4 Å². The van der Waals surface area contributed by atoms with E-state index >= 15 is 0 Å². The van der Waals surface area contributed by atoms with Crippen molar-refractivity contribution in [3.05, 3.63) is 82.1 Å². The molecular formula is C23H22BrN3O4. The smallest absolute Gasteiger partial charge is 0.338 e. The number of para-hydroxylation sites is 1. The van der Waals surface area contributed by atoms with Crippen molar-refractivity contribution in [2.75, 3.05) is 18.5 Å². The lowest BCUT2D eigenvalue weighted by molar-refractivity contribution is -0.126. The van der Waals surface area contributed by atoms with Crippen LogP contribution in [0.4, 0.5) is 5.69 Å². The molecule has 2 aromatic carbocycles. The minimum Gasteiger partial charge on any atom is -0.452 e. The van der Waals surface area contributed by atoms with Gasteiger partial charge in [0.2, 0.25) is 5.91 Å². The number of anilines is 1. The fraction of sp³-hybridized carbons (Fsp3) is 0.174. The van der Waals surface area contributed by atoms with E-state index in [9.17, 15) is 14.4 Å². The van der Waals surface area contributed by atoms with Gasteiger partial charge >= 0.3 is 5.97 Å². The second-order valence-electron chi connectivity index (χ2n) is 6.88. The number of ether oxygens (including phenoxy) is 1.